The summed E-state index contributed by atoms with van der Waals surface area (Å²) in [4.78, 5) is 45.7. The number of imidazole rings is 1. The van der Waals surface area contributed by atoms with Crippen LogP contribution in [0.25, 0.3) is 11.2 Å². The summed E-state index contributed by atoms with van der Waals surface area (Å²) >= 11 is 6.05. The third-order valence-corrected chi connectivity index (χ3v) is 5.97. The van der Waals surface area contributed by atoms with Crippen molar-refractivity contribution >= 4 is 28.7 Å². The molecule has 0 N–H and O–H groups in total. The number of nitrogens with zero attached hydrogens (tertiary/aromatic N) is 5. The summed E-state index contributed by atoms with van der Waals surface area (Å²) in [6.45, 7) is 0.859. The molecule has 0 aliphatic carbocycles. The molecule has 0 saturated carbocycles. The van der Waals surface area contributed by atoms with E-state index in [0.29, 0.717) is 24.7 Å². The molecule has 9 nitrogen and oxygen atoms in total. The number of halogens is 1. The number of rotatable bonds is 9. The van der Waals surface area contributed by atoms with Crippen molar-refractivity contribution in [3.63, 3.8) is 0 Å². The van der Waals surface area contributed by atoms with Crippen LogP contribution in [0, 0.1) is 0 Å². The summed E-state index contributed by atoms with van der Waals surface area (Å²) in [5.41, 5.74) is 1.09. The number of amides is 1. The molecule has 1 amide bonds. The topological polar surface area (TPSA) is 91.4 Å². The van der Waals surface area contributed by atoms with Crippen LogP contribution >= 0.6 is 11.6 Å². The molecule has 0 unspecified atom stereocenters. The molecule has 0 bridgehead atoms. The smallest absolute Gasteiger partial charge is 0.333 e. The van der Waals surface area contributed by atoms with Crippen LogP contribution in [0.2, 0.25) is 5.02 Å². The minimum absolute atomic E-state index is 0.213. The molecule has 0 spiro atoms. The largest absolute Gasteiger partial charge is 0.383 e. The van der Waals surface area contributed by atoms with Crippen molar-refractivity contribution in [1.29, 1.82) is 0 Å². The second kappa shape index (κ2) is 10.7. The third-order valence-electron chi connectivity index (χ3n) is 5.73. The van der Waals surface area contributed by atoms with Crippen LogP contribution in [-0.2, 0) is 35.7 Å². The minimum atomic E-state index is -0.590. The quantitative estimate of drug-likeness (QED) is 0.355. The second-order valence-electron chi connectivity index (χ2n) is 8.23. The van der Waals surface area contributed by atoms with Gasteiger partial charge in [0.05, 0.1) is 19.5 Å². The van der Waals surface area contributed by atoms with Crippen LogP contribution in [0.15, 0.2) is 70.5 Å². The standard InChI is InChI=1S/C25H26ClN5O4/c1-28(14-19-9-6-10-20(26)13-19)21(32)16-31-24(33)22-23(27-17-29(22)11-12-35-2)30(25(31)34)15-18-7-4-3-5-8-18/h3-10,13,17H,11-12,14-16H2,1-2H3. The van der Waals surface area contributed by atoms with Gasteiger partial charge in [-0.25, -0.2) is 14.3 Å². The molecular weight excluding hydrogens is 470 g/mol. The first-order valence-electron chi connectivity index (χ1n) is 11.1. The molecule has 0 saturated heterocycles. The third kappa shape index (κ3) is 5.36. The number of fused-ring (bicyclic) bond motifs is 1. The van der Waals surface area contributed by atoms with Gasteiger partial charge in [-0.15, -0.1) is 0 Å². The van der Waals surface area contributed by atoms with Crippen molar-refractivity contribution in [3.8, 4) is 0 Å². The molecule has 182 valence electrons. The molecule has 0 aliphatic rings. The van der Waals surface area contributed by atoms with Gasteiger partial charge in [-0.2, -0.15) is 0 Å². The van der Waals surface area contributed by atoms with Crippen molar-refractivity contribution in [2.24, 2.45) is 0 Å². The minimum Gasteiger partial charge on any atom is -0.383 e. The van der Waals surface area contributed by atoms with E-state index in [2.05, 4.69) is 4.98 Å². The molecule has 0 aliphatic heterocycles. The molecule has 2 heterocycles. The van der Waals surface area contributed by atoms with Crippen molar-refractivity contribution in [2.45, 2.75) is 26.2 Å². The van der Waals surface area contributed by atoms with Gasteiger partial charge in [-0.3, -0.25) is 14.2 Å². The fourth-order valence-electron chi connectivity index (χ4n) is 3.90. The number of hydrogen-bond acceptors (Lipinski definition) is 5. The molecule has 0 fully saturated rings. The zero-order valence-electron chi connectivity index (χ0n) is 19.6. The van der Waals surface area contributed by atoms with Gasteiger partial charge in [-0.1, -0.05) is 54.1 Å². The van der Waals surface area contributed by atoms with Crippen molar-refractivity contribution in [2.75, 3.05) is 20.8 Å². The Kier molecular flexibility index (Phi) is 7.48. The van der Waals surface area contributed by atoms with Gasteiger partial charge in [0.15, 0.2) is 11.2 Å². The van der Waals surface area contributed by atoms with Gasteiger partial charge < -0.3 is 14.2 Å². The first kappa shape index (κ1) is 24.4. The van der Waals surface area contributed by atoms with Gasteiger partial charge in [0.1, 0.15) is 6.54 Å². The Labute approximate surface area is 206 Å². The number of carbonyl (C=O) groups excluding carboxylic acids is 1. The van der Waals surface area contributed by atoms with E-state index in [9.17, 15) is 14.4 Å². The first-order chi connectivity index (χ1) is 16.9. The Morgan fingerprint density at radius 1 is 1.06 bits per heavy atom. The summed E-state index contributed by atoms with van der Waals surface area (Å²) in [5.74, 6) is -0.377. The van der Waals surface area contributed by atoms with E-state index in [-0.39, 0.29) is 23.6 Å². The number of carbonyl (C=O) groups is 1. The number of hydrogen-bond donors (Lipinski definition) is 0. The van der Waals surface area contributed by atoms with Crippen molar-refractivity contribution < 1.29 is 9.53 Å². The van der Waals surface area contributed by atoms with Crippen LogP contribution in [0.1, 0.15) is 11.1 Å². The fourth-order valence-corrected chi connectivity index (χ4v) is 4.11. The Balaban J connectivity index is 1.73. The molecule has 4 rings (SSSR count). The van der Waals surface area contributed by atoms with Crippen LogP contribution < -0.4 is 11.2 Å². The highest BCUT2D eigenvalue weighted by atomic mass is 35.5. The monoisotopic (exact) mass is 495 g/mol. The van der Waals surface area contributed by atoms with E-state index < -0.39 is 17.8 Å². The summed E-state index contributed by atoms with van der Waals surface area (Å²) in [5, 5.41) is 0.568. The highest BCUT2D eigenvalue weighted by molar-refractivity contribution is 6.30. The number of aromatic nitrogens is 4. The maximum atomic E-state index is 13.5. The first-order valence-corrected chi connectivity index (χ1v) is 11.5. The summed E-state index contributed by atoms with van der Waals surface area (Å²) in [6.07, 6.45) is 1.52. The zero-order chi connectivity index (χ0) is 24.9. The van der Waals surface area contributed by atoms with Crippen LogP contribution in [-0.4, -0.2) is 50.3 Å². The number of likely N-dealkylation sites (N-methyl/N-ethyl adjacent to an activating group) is 1. The van der Waals surface area contributed by atoms with Crippen molar-refractivity contribution in [1.82, 2.24) is 23.6 Å². The van der Waals surface area contributed by atoms with Gasteiger partial charge in [0.2, 0.25) is 5.91 Å². The lowest BCUT2D eigenvalue weighted by Crippen LogP contribution is -2.44. The molecular formula is C25H26ClN5O4. The fraction of sp³-hybridized carbons (Fsp3) is 0.280. The van der Waals surface area contributed by atoms with Gasteiger partial charge in [0, 0.05) is 32.3 Å². The Morgan fingerprint density at radius 3 is 2.51 bits per heavy atom. The predicted molar refractivity (Wildman–Crippen MR) is 134 cm³/mol. The average molecular weight is 496 g/mol. The maximum absolute atomic E-state index is 13.5. The summed E-state index contributed by atoms with van der Waals surface area (Å²) in [7, 11) is 3.19. The van der Waals surface area contributed by atoms with E-state index in [1.54, 1.807) is 36.9 Å². The molecule has 35 heavy (non-hydrogen) atoms. The lowest BCUT2D eigenvalue weighted by Gasteiger charge is -2.19. The highest BCUT2D eigenvalue weighted by Gasteiger charge is 2.21. The lowest BCUT2D eigenvalue weighted by atomic mass is 10.2. The average Bonchev–Trinajstić information content (AvgIpc) is 3.27. The van der Waals surface area contributed by atoms with Crippen LogP contribution in [0.4, 0.5) is 0 Å². The predicted octanol–water partition coefficient (Wildman–Crippen LogP) is 2.37. The summed E-state index contributed by atoms with van der Waals surface area (Å²) < 4.78 is 9.21. The molecule has 0 atom stereocenters. The zero-order valence-corrected chi connectivity index (χ0v) is 20.3. The number of ether oxygens (including phenoxy) is 1. The molecule has 10 heteroatoms. The van der Waals surface area contributed by atoms with Gasteiger partial charge in [-0.05, 0) is 23.3 Å². The lowest BCUT2D eigenvalue weighted by molar-refractivity contribution is -0.131. The highest BCUT2D eigenvalue weighted by Crippen LogP contribution is 2.13. The molecule has 4 aromatic rings. The van der Waals surface area contributed by atoms with Crippen LogP contribution in [0.5, 0.6) is 0 Å². The second-order valence-corrected chi connectivity index (χ2v) is 8.66. The number of methoxy groups -OCH3 is 1. The van der Waals surface area contributed by atoms with E-state index in [4.69, 9.17) is 16.3 Å². The van der Waals surface area contributed by atoms with E-state index in [1.165, 1.54) is 15.8 Å². The van der Waals surface area contributed by atoms with Gasteiger partial charge >= 0.3 is 5.69 Å². The number of benzene rings is 2. The van der Waals surface area contributed by atoms with Gasteiger partial charge in [0.25, 0.3) is 5.56 Å². The summed E-state index contributed by atoms with van der Waals surface area (Å²) in [6, 6.07) is 16.6. The SMILES string of the molecule is COCCn1cnc2c1c(=O)n(CC(=O)N(C)Cc1cccc(Cl)c1)c(=O)n2Cc1ccccc1. The Bertz CT molecular complexity index is 1460. The van der Waals surface area contributed by atoms with E-state index in [0.717, 1.165) is 15.7 Å². The molecule has 2 aromatic carbocycles. The normalized spacial score (nSPS) is 11.2. The molecule has 0 radical (unpaired) electrons. The van der Waals surface area contributed by atoms with E-state index in [1.807, 2.05) is 36.4 Å². The van der Waals surface area contributed by atoms with E-state index >= 15 is 0 Å². The van der Waals surface area contributed by atoms with Crippen molar-refractivity contribution in [3.05, 3.63) is 97.9 Å². The van der Waals surface area contributed by atoms with Crippen LogP contribution in [0.3, 0.4) is 0 Å². The Hall–Kier alpha value is -3.69. The molecule has 2 aromatic heterocycles. The Morgan fingerprint density at radius 2 is 1.80 bits per heavy atom. The maximum Gasteiger partial charge on any atom is 0.333 e.